The molecule has 0 atom stereocenters. The number of anilines is 3. The van der Waals surface area contributed by atoms with Gasteiger partial charge in [-0.15, -0.1) is 11.3 Å². The number of aromatic nitrogens is 2. The molecule has 156 valence electrons. The maximum absolute atomic E-state index is 12.2. The van der Waals surface area contributed by atoms with E-state index in [1.165, 1.54) is 11.1 Å². The van der Waals surface area contributed by atoms with Crippen LogP contribution in [0.2, 0.25) is 0 Å². The summed E-state index contributed by atoms with van der Waals surface area (Å²) in [5.74, 6) is 0.0368. The molecule has 2 heterocycles. The molecule has 6 heteroatoms. The predicted molar refractivity (Wildman–Crippen MR) is 128 cm³/mol. The number of pyridine rings is 1. The lowest BCUT2D eigenvalue weighted by molar-refractivity contribution is -0.116. The lowest BCUT2D eigenvalue weighted by Crippen LogP contribution is -2.11. The molecule has 0 spiro atoms. The van der Waals surface area contributed by atoms with Crippen molar-refractivity contribution >= 4 is 33.8 Å². The van der Waals surface area contributed by atoms with Gasteiger partial charge in [0, 0.05) is 41.1 Å². The first kappa shape index (κ1) is 20.8. The summed E-state index contributed by atoms with van der Waals surface area (Å²) in [5, 5.41) is 9.11. The monoisotopic (exact) mass is 428 g/mol. The summed E-state index contributed by atoms with van der Waals surface area (Å²) < 4.78 is 0. The van der Waals surface area contributed by atoms with E-state index in [-0.39, 0.29) is 5.91 Å². The lowest BCUT2D eigenvalue weighted by Gasteiger charge is -2.07. The van der Waals surface area contributed by atoms with Crippen LogP contribution in [-0.2, 0) is 11.2 Å². The molecule has 2 N–H and O–H groups in total. The molecule has 1 amide bonds. The summed E-state index contributed by atoms with van der Waals surface area (Å²) in [7, 11) is 0. The molecular weight excluding hydrogens is 404 g/mol. The molecule has 0 bridgehead atoms. The van der Waals surface area contributed by atoms with Crippen LogP contribution in [0.25, 0.3) is 11.3 Å². The molecule has 0 aliphatic rings. The van der Waals surface area contributed by atoms with Gasteiger partial charge in [0.15, 0.2) is 5.13 Å². The van der Waals surface area contributed by atoms with Crippen molar-refractivity contribution in [2.24, 2.45) is 0 Å². The highest BCUT2D eigenvalue weighted by Gasteiger charge is 2.06. The molecule has 5 nitrogen and oxygen atoms in total. The highest BCUT2D eigenvalue weighted by atomic mass is 32.1. The van der Waals surface area contributed by atoms with Gasteiger partial charge in [0.25, 0.3) is 0 Å². The van der Waals surface area contributed by atoms with E-state index in [0.29, 0.717) is 6.42 Å². The molecular formula is C25H24N4OS. The molecule has 2 aromatic heterocycles. The van der Waals surface area contributed by atoms with E-state index in [0.717, 1.165) is 40.6 Å². The molecule has 0 aliphatic heterocycles. The number of rotatable bonds is 8. The Kier molecular flexibility index (Phi) is 6.69. The zero-order valence-electron chi connectivity index (χ0n) is 17.3. The number of carbonyl (C=O) groups is 1. The van der Waals surface area contributed by atoms with E-state index < -0.39 is 0 Å². The van der Waals surface area contributed by atoms with Gasteiger partial charge in [0.2, 0.25) is 5.91 Å². The zero-order valence-corrected chi connectivity index (χ0v) is 18.2. The zero-order chi connectivity index (χ0) is 21.5. The van der Waals surface area contributed by atoms with Crippen LogP contribution in [-0.4, -0.2) is 15.9 Å². The van der Waals surface area contributed by atoms with E-state index in [1.54, 1.807) is 23.7 Å². The second-order valence-electron chi connectivity index (χ2n) is 7.36. The van der Waals surface area contributed by atoms with Crippen molar-refractivity contribution in [3.05, 3.63) is 89.6 Å². The second kappa shape index (κ2) is 10.00. The number of nitrogens with one attached hydrogen (secondary N) is 2. The van der Waals surface area contributed by atoms with Gasteiger partial charge in [-0.1, -0.05) is 29.8 Å². The number of hydrogen-bond acceptors (Lipinski definition) is 5. The van der Waals surface area contributed by atoms with Crippen molar-refractivity contribution in [2.75, 3.05) is 10.6 Å². The Bertz CT molecular complexity index is 1120. The van der Waals surface area contributed by atoms with Gasteiger partial charge in [-0.25, -0.2) is 4.98 Å². The van der Waals surface area contributed by atoms with Gasteiger partial charge in [-0.05, 0) is 61.7 Å². The predicted octanol–water partition coefficient (Wildman–Crippen LogP) is 6.22. The summed E-state index contributed by atoms with van der Waals surface area (Å²) in [5.41, 5.74) is 6.20. The van der Waals surface area contributed by atoms with Crippen molar-refractivity contribution in [1.29, 1.82) is 0 Å². The molecule has 0 unspecified atom stereocenters. The van der Waals surface area contributed by atoms with Crippen LogP contribution in [0.4, 0.5) is 16.5 Å². The second-order valence-corrected chi connectivity index (χ2v) is 8.22. The Hall–Kier alpha value is -3.51. The highest BCUT2D eigenvalue weighted by Crippen LogP contribution is 2.27. The summed E-state index contributed by atoms with van der Waals surface area (Å²) in [6, 6.07) is 20.0. The van der Waals surface area contributed by atoms with E-state index in [2.05, 4.69) is 51.8 Å². The third-order valence-electron chi connectivity index (χ3n) is 4.89. The topological polar surface area (TPSA) is 66.9 Å². The SMILES string of the molecule is Cc1ccc(CCCC(=O)Nc2ccc(Nc3nc(-c4ccncc4)cs3)cc2)cc1. The third kappa shape index (κ3) is 5.99. The Morgan fingerprint density at radius 3 is 2.39 bits per heavy atom. The number of aryl methyl sites for hydroxylation is 2. The number of benzene rings is 2. The number of hydrogen-bond donors (Lipinski definition) is 2. The van der Waals surface area contributed by atoms with E-state index in [4.69, 9.17) is 0 Å². The molecule has 0 saturated heterocycles. The van der Waals surface area contributed by atoms with Gasteiger partial charge in [0.1, 0.15) is 0 Å². The van der Waals surface area contributed by atoms with Gasteiger partial charge in [-0.2, -0.15) is 0 Å². The fourth-order valence-electron chi connectivity index (χ4n) is 3.18. The first-order valence-corrected chi connectivity index (χ1v) is 11.1. The number of nitrogens with zero attached hydrogens (tertiary/aromatic N) is 2. The first-order valence-electron chi connectivity index (χ1n) is 10.2. The largest absolute Gasteiger partial charge is 0.332 e. The van der Waals surface area contributed by atoms with Gasteiger partial charge < -0.3 is 10.6 Å². The lowest BCUT2D eigenvalue weighted by atomic mass is 10.1. The Balaban J connectivity index is 1.26. The summed E-state index contributed by atoms with van der Waals surface area (Å²) in [6.45, 7) is 2.08. The quantitative estimate of drug-likeness (QED) is 0.350. The van der Waals surface area contributed by atoms with Crippen molar-refractivity contribution in [2.45, 2.75) is 26.2 Å². The molecule has 0 aliphatic carbocycles. The van der Waals surface area contributed by atoms with Crippen molar-refractivity contribution in [3.63, 3.8) is 0 Å². The van der Waals surface area contributed by atoms with Crippen LogP contribution in [0.1, 0.15) is 24.0 Å². The highest BCUT2D eigenvalue weighted by molar-refractivity contribution is 7.14. The van der Waals surface area contributed by atoms with Crippen molar-refractivity contribution < 1.29 is 4.79 Å². The van der Waals surface area contributed by atoms with Crippen LogP contribution in [0.15, 0.2) is 78.4 Å². The first-order chi connectivity index (χ1) is 15.2. The minimum Gasteiger partial charge on any atom is -0.332 e. The molecule has 0 radical (unpaired) electrons. The molecule has 4 rings (SSSR count). The molecule has 31 heavy (non-hydrogen) atoms. The smallest absolute Gasteiger partial charge is 0.224 e. The summed E-state index contributed by atoms with van der Waals surface area (Å²) in [4.78, 5) is 20.9. The van der Waals surface area contributed by atoms with Gasteiger partial charge in [0.05, 0.1) is 5.69 Å². The van der Waals surface area contributed by atoms with Crippen LogP contribution in [0, 0.1) is 6.92 Å². The fourth-order valence-corrected chi connectivity index (χ4v) is 3.92. The minimum atomic E-state index is 0.0368. The standard InChI is InChI=1S/C25H24N4OS/c1-18-5-7-19(8-6-18)3-2-4-24(30)27-21-9-11-22(12-10-21)28-25-29-23(17-31-25)20-13-15-26-16-14-20/h5-17H,2-4H2,1H3,(H,27,30)(H,28,29). The Morgan fingerprint density at radius 1 is 0.935 bits per heavy atom. The van der Waals surface area contributed by atoms with Crippen molar-refractivity contribution in [1.82, 2.24) is 9.97 Å². The van der Waals surface area contributed by atoms with E-state index >= 15 is 0 Å². The van der Waals surface area contributed by atoms with Crippen LogP contribution in [0.3, 0.4) is 0 Å². The van der Waals surface area contributed by atoms with E-state index in [1.807, 2.05) is 41.8 Å². The average molecular weight is 429 g/mol. The van der Waals surface area contributed by atoms with Crippen LogP contribution < -0.4 is 10.6 Å². The van der Waals surface area contributed by atoms with E-state index in [9.17, 15) is 4.79 Å². The minimum absolute atomic E-state index is 0.0368. The fraction of sp³-hybridized carbons (Fsp3) is 0.160. The van der Waals surface area contributed by atoms with Crippen molar-refractivity contribution in [3.8, 4) is 11.3 Å². The maximum Gasteiger partial charge on any atom is 0.224 e. The normalized spacial score (nSPS) is 10.6. The number of carbonyl (C=O) groups excluding carboxylic acids is 1. The summed E-state index contributed by atoms with van der Waals surface area (Å²) >= 11 is 1.55. The molecule has 2 aromatic carbocycles. The van der Waals surface area contributed by atoms with Crippen LogP contribution in [0.5, 0.6) is 0 Å². The van der Waals surface area contributed by atoms with Crippen LogP contribution >= 0.6 is 11.3 Å². The Morgan fingerprint density at radius 2 is 1.65 bits per heavy atom. The molecule has 0 saturated carbocycles. The molecule has 0 fully saturated rings. The Labute approximate surface area is 186 Å². The van der Waals surface area contributed by atoms with Gasteiger partial charge in [-0.3, -0.25) is 9.78 Å². The number of thiazole rings is 1. The third-order valence-corrected chi connectivity index (χ3v) is 5.65. The number of amides is 1. The summed E-state index contributed by atoms with van der Waals surface area (Å²) in [6.07, 6.45) is 5.77. The van der Waals surface area contributed by atoms with Gasteiger partial charge >= 0.3 is 0 Å². The molecule has 4 aromatic rings. The maximum atomic E-state index is 12.2. The average Bonchev–Trinajstić information content (AvgIpc) is 3.26.